The molecule has 0 radical (unpaired) electrons. The number of amides is 1. The van der Waals surface area contributed by atoms with Crippen molar-refractivity contribution in [2.45, 2.75) is 31.9 Å². The fourth-order valence-electron chi connectivity index (χ4n) is 2.83. The van der Waals surface area contributed by atoms with Gasteiger partial charge in [-0.3, -0.25) is 4.79 Å². The Morgan fingerprint density at radius 1 is 1.46 bits per heavy atom. The Balaban J connectivity index is 1.60. The number of ether oxygens (including phenoxy) is 2. The van der Waals surface area contributed by atoms with Gasteiger partial charge in [-0.25, -0.2) is 9.97 Å². The fraction of sp³-hybridized carbons (Fsp3) is 0.471. The number of imidazole rings is 1. The molecule has 24 heavy (non-hydrogen) atoms. The minimum Gasteiger partial charge on any atom is -0.478 e. The van der Waals surface area contributed by atoms with Crippen LogP contribution < -0.4 is 10.1 Å². The molecular weight excluding hydrogens is 308 g/mol. The van der Waals surface area contributed by atoms with Gasteiger partial charge in [0.05, 0.1) is 30.4 Å². The van der Waals surface area contributed by atoms with Gasteiger partial charge in [0, 0.05) is 32.0 Å². The molecule has 0 saturated carbocycles. The SMILES string of the molecule is CCOc1ccc(C(=O)N[C@@H]2CCO[C@H](c3cncn3C)C2)cn1. The van der Waals surface area contributed by atoms with E-state index in [1.165, 1.54) is 6.20 Å². The number of nitrogens with one attached hydrogen (secondary N) is 1. The van der Waals surface area contributed by atoms with E-state index in [2.05, 4.69) is 15.3 Å². The maximum atomic E-state index is 12.4. The predicted molar refractivity (Wildman–Crippen MR) is 87.8 cm³/mol. The minimum absolute atomic E-state index is 0.0463. The fourth-order valence-corrected chi connectivity index (χ4v) is 2.83. The first-order chi connectivity index (χ1) is 11.7. The second-order valence-corrected chi connectivity index (χ2v) is 5.80. The number of aromatic nitrogens is 3. The third kappa shape index (κ3) is 3.73. The molecule has 2 aromatic rings. The Morgan fingerprint density at radius 2 is 2.33 bits per heavy atom. The number of carbonyl (C=O) groups excluding carboxylic acids is 1. The molecule has 0 aliphatic carbocycles. The van der Waals surface area contributed by atoms with Crippen LogP contribution in [0.25, 0.3) is 0 Å². The highest BCUT2D eigenvalue weighted by Crippen LogP contribution is 2.27. The van der Waals surface area contributed by atoms with Crippen LogP contribution in [0.1, 0.15) is 41.9 Å². The van der Waals surface area contributed by atoms with Crippen LogP contribution in [0, 0.1) is 0 Å². The first-order valence-corrected chi connectivity index (χ1v) is 8.15. The van der Waals surface area contributed by atoms with E-state index >= 15 is 0 Å². The highest BCUT2D eigenvalue weighted by molar-refractivity contribution is 5.94. The first kappa shape index (κ1) is 16.4. The second kappa shape index (κ2) is 7.44. The van der Waals surface area contributed by atoms with Gasteiger partial charge in [0.25, 0.3) is 5.91 Å². The van der Waals surface area contributed by atoms with Crippen LogP contribution in [-0.2, 0) is 11.8 Å². The van der Waals surface area contributed by atoms with E-state index in [4.69, 9.17) is 9.47 Å². The zero-order valence-corrected chi connectivity index (χ0v) is 13.9. The monoisotopic (exact) mass is 330 g/mol. The second-order valence-electron chi connectivity index (χ2n) is 5.80. The van der Waals surface area contributed by atoms with Gasteiger partial charge in [-0.1, -0.05) is 0 Å². The highest BCUT2D eigenvalue weighted by atomic mass is 16.5. The number of nitrogens with zero attached hydrogens (tertiary/aromatic N) is 3. The molecule has 3 heterocycles. The molecule has 0 spiro atoms. The Labute approximate surface area is 141 Å². The third-order valence-corrected chi connectivity index (χ3v) is 4.09. The summed E-state index contributed by atoms with van der Waals surface area (Å²) in [5.41, 5.74) is 1.55. The van der Waals surface area contributed by atoms with Crippen LogP contribution in [0.4, 0.5) is 0 Å². The van der Waals surface area contributed by atoms with Gasteiger partial charge >= 0.3 is 0 Å². The van der Waals surface area contributed by atoms with Crippen LogP contribution in [0.15, 0.2) is 30.9 Å². The van der Waals surface area contributed by atoms with Gasteiger partial charge in [0.1, 0.15) is 6.10 Å². The van der Waals surface area contributed by atoms with Gasteiger partial charge in [0.15, 0.2) is 0 Å². The van der Waals surface area contributed by atoms with E-state index in [0.29, 0.717) is 24.7 Å². The average molecular weight is 330 g/mol. The summed E-state index contributed by atoms with van der Waals surface area (Å²) in [4.78, 5) is 20.7. The average Bonchev–Trinajstić information content (AvgIpc) is 3.02. The molecule has 128 valence electrons. The minimum atomic E-state index is -0.124. The van der Waals surface area contributed by atoms with Crippen molar-refractivity contribution in [1.29, 1.82) is 0 Å². The molecule has 0 unspecified atom stereocenters. The van der Waals surface area contributed by atoms with Crippen molar-refractivity contribution < 1.29 is 14.3 Å². The molecule has 1 saturated heterocycles. The zero-order chi connectivity index (χ0) is 16.9. The molecule has 1 N–H and O–H groups in total. The summed E-state index contributed by atoms with van der Waals surface area (Å²) in [5, 5.41) is 3.07. The van der Waals surface area contributed by atoms with Gasteiger partial charge in [0.2, 0.25) is 5.88 Å². The summed E-state index contributed by atoms with van der Waals surface area (Å²) in [6, 6.07) is 3.50. The summed E-state index contributed by atoms with van der Waals surface area (Å²) in [7, 11) is 1.94. The van der Waals surface area contributed by atoms with Gasteiger partial charge in [-0.15, -0.1) is 0 Å². The lowest BCUT2D eigenvalue weighted by Crippen LogP contribution is -2.40. The van der Waals surface area contributed by atoms with Gasteiger partial charge < -0.3 is 19.4 Å². The maximum Gasteiger partial charge on any atom is 0.253 e. The third-order valence-electron chi connectivity index (χ3n) is 4.09. The van der Waals surface area contributed by atoms with Crippen molar-refractivity contribution in [3.63, 3.8) is 0 Å². The topological polar surface area (TPSA) is 78.3 Å². The normalized spacial score (nSPS) is 20.6. The van der Waals surface area contributed by atoms with Crippen molar-refractivity contribution in [2.75, 3.05) is 13.2 Å². The molecule has 7 nitrogen and oxygen atoms in total. The Bertz CT molecular complexity index is 683. The lowest BCUT2D eigenvalue weighted by molar-refractivity contribution is -0.00301. The highest BCUT2D eigenvalue weighted by Gasteiger charge is 2.27. The van der Waals surface area contributed by atoms with E-state index in [0.717, 1.165) is 18.5 Å². The van der Waals surface area contributed by atoms with E-state index in [1.54, 1.807) is 18.5 Å². The standard InChI is InChI=1S/C17H22N4O3/c1-3-23-16-5-4-12(9-19-16)17(22)20-13-6-7-24-15(8-13)14-10-18-11-21(14)2/h4-5,9-11,13,15H,3,6-8H2,1-2H3,(H,20,22)/t13-,15+/m1/s1. The smallest absolute Gasteiger partial charge is 0.253 e. The Kier molecular flexibility index (Phi) is 5.10. The zero-order valence-electron chi connectivity index (χ0n) is 13.9. The van der Waals surface area contributed by atoms with Crippen molar-refractivity contribution in [1.82, 2.24) is 19.9 Å². The number of pyridine rings is 1. The summed E-state index contributed by atoms with van der Waals surface area (Å²) < 4.78 is 13.1. The van der Waals surface area contributed by atoms with Crippen molar-refractivity contribution >= 4 is 5.91 Å². The predicted octanol–water partition coefficient (Wildman–Crippen LogP) is 1.86. The lowest BCUT2D eigenvalue weighted by Gasteiger charge is -2.30. The molecule has 1 amide bonds. The summed E-state index contributed by atoms with van der Waals surface area (Å²) in [6.45, 7) is 3.06. The van der Waals surface area contributed by atoms with E-state index in [-0.39, 0.29) is 18.1 Å². The lowest BCUT2D eigenvalue weighted by atomic mass is 10.0. The molecular formula is C17H22N4O3. The number of carbonyl (C=O) groups is 1. The number of aryl methyl sites for hydroxylation is 1. The molecule has 7 heteroatoms. The largest absolute Gasteiger partial charge is 0.478 e. The molecule has 1 aliphatic heterocycles. The van der Waals surface area contributed by atoms with Crippen LogP contribution in [-0.4, -0.2) is 39.7 Å². The molecule has 1 fully saturated rings. The van der Waals surface area contributed by atoms with Crippen LogP contribution >= 0.6 is 0 Å². The van der Waals surface area contributed by atoms with Gasteiger partial charge in [-0.05, 0) is 25.8 Å². The summed E-state index contributed by atoms with van der Waals surface area (Å²) in [6.07, 6.45) is 6.59. The Morgan fingerprint density at radius 3 is 3.00 bits per heavy atom. The summed E-state index contributed by atoms with van der Waals surface area (Å²) in [5.74, 6) is 0.401. The first-order valence-electron chi connectivity index (χ1n) is 8.15. The molecule has 2 atom stereocenters. The summed E-state index contributed by atoms with van der Waals surface area (Å²) >= 11 is 0. The van der Waals surface area contributed by atoms with Crippen molar-refractivity contribution in [3.05, 3.63) is 42.1 Å². The number of hydrogen-bond acceptors (Lipinski definition) is 5. The molecule has 1 aliphatic rings. The Hall–Kier alpha value is -2.41. The number of rotatable bonds is 5. The quantitative estimate of drug-likeness (QED) is 0.905. The molecule has 2 aromatic heterocycles. The van der Waals surface area contributed by atoms with Crippen LogP contribution in [0.2, 0.25) is 0 Å². The maximum absolute atomic E-state index is 12.4. The number of hydrogen-bond donors (Lipinski definition) is 1. The van der Waals surface area contributed by atoms with Crippen molar-refractivity contribution in [3.8, 4) is 5.88 Å². The van der Waals surface area contributed by atoms with Crippen molar-refractivity contribution in [2.24, 2.45) is 7.05 Å². The van der Waals surface area contributed by atoms with E-state index in [9.17, 15) is 4.79 Å². The molecule has 0 aromatic carbocycles. The van der Waals surface area contributed by atoms with E-state index < -0.39 is 0 Å². The van der Waals surface area contributed by atoms with Gasteiger partial charge in [-0.2, -0.15) is 0 Å². The molecule has 0 bridgehead atoms. The van der Waals surface area contributed by atoms with Crippen LogP contribution in [0.3, 0.4) is 0 Å². The molecule has 3 rings (SSSR count). The van der Waals surface area contributed by atoms with Crippen LogP contribution in [0.5, 0.6) is 5.88 Å². The van der Waals surface area contributed by atoms with E-state index in [1.807, 2.05) is 24.7 Å².